The van der Waals surface area contributed by atoms with Gasteiger partial charge in [-0.05, 0) is 54.1 Å². The summed E-state index contributed by atoms with van der Waals surface area (Å²) < 4.78 is 25.4. The van der Waals surface area contributed by atoms with Crippen LogP contribution in [0.4, 0.5) is 9.52 Å². The average molecular weight is 504 g/mol. The molecule has 4 aromatic rings. The monoisotopic (exact) mass is 504 g/mol. The molecule has 1 amide bonds. The predicted octanol–water partition coefficient (Wildman–Crippen LogP) is 4.54. The summed E-state index contributed by atoms with van der Waals surface area (Å²) >= 11 is 1.04. The standard InChI is InChI=1S/C26H17FN2O6S/c27-15-5-6-17-20(12-15)36-26(28-17)29-22(13-2-1-3-16(30)10-13)21(24(32)25(29)33)23(31)14-4-7-18-19(11-14)35-9-8-34-18/h1-7,10-12,22,30-31H,8-9H2. The van der Waals surface area contributed by atoms with E-state index >= 15 is 0 Å². The molecule has 1 unspecified atom stereocenters. The number of nitrogens with zero attached hydrogens (tertiary/aromatic N) is 2. The van der Waals surface area contributed by atoms with Crippen LogP contribution in [0, 0.1) is 5.82 Å². The van der Waals surface area contributed by atoms with E-state index < -0.39 is 29.3 Å². The number of aliphatic hydroxyl groups is 1. The molecular formula is C26H17FN2O6S. The molecule has 6 rings (SSSR count). The summed E-state index contributed by atoms with van der Waals surface area (Å²) in [6, 6.07) is 13.7. The first kappa shape index (κ1) is 22.1. The van der Waals surface area contributed by atoms with Crippen LogP contribution >= 0.6 is 11.3 Å². The Balaban J connectivity index is 1.54. The maximum absolute atomic E-state index is 13.8. The van der Waals surface area contributed by atoms with Gasteiger partial charge in [0.2, 0.25) is 0 Å². The number of aromatic hydroxyl groups is 1. The predicted molar refractivity (Wildman–Crippen MR) is 130 cm³/mol. The van der Waals surface area contributed by atoms with Crippen molar-refractivity contribution in [1.29, 1.82) is 0 Å². The molecular weight excluding hydrogens is 487 g/mol. The Kier molecular flexibility index (Phi) is 5.11. The number of amides is 1. The van der Waals surface area contributed by atoms with Gasteiger partial charge >= 0.3 is 5.91 Å². The number of halogens is 1. The van der Waals surface area contributed by atoms with Crippen molar-refractivity contribution >= 4 is 44.1 Å². The number of phenolic OH excluding ortho intramolecular Hbond substituents is 1. The fourth-order valence-corrected chi connectivity index (χ4v) is 5.39. The number of phenols is 1. The SMILES string of the molecule is O=C1C(=O)N(c2nc3ccc(F)cc3s2)C(c2cccc(O)c2)C1=C(O)c1ccc2c(c1)OCCO2. The average Bonchev–Trinajstić information content (AvgIpc) is 3.41. The van der Waals surface area contributed by atoms with Crippen molar-refractivity contribution in [3.8, 4) is 17.2 Å². The number of anilines is 1. The van der Waals surface area contributed by atoms with Crippen molar-refractivity contribution in [2.24, 2.45) is 0 Å². The first-order chi connectivity index (χ1) is 17.4. The molecule has 1 saturated heterocycles. The summed E-state index contributed by atoms with van der Waals surface area (Å²) in [4.78, 5) is 32.2. The van der Waals surface area contributed by atoms with Crippen LogP contribution in [0.25, 0.3) is 16.0 Å². The van der Waals surface area contributed by atoms with E-state index in [4.69, 9.17) is 9.47 Å². The molecule has 0 aliphatic carbocycles. The van der Waals surface area contributed by atoms with E-state index in [-0.39, 0.29) is 22.0 Å². The number of ketones is 1. The topological polar surface area (TPSA) is 109 Å². The zero-order valence-electron chi connectivity index (χ0n) is 18.5. The van der Waals surface area contributed by atoms with Crippen molar-refractivity contribution in [3.05, 3.63) is 83.2 Å². The first-order valence-electron chi connectivity index (χ1n) is 11.0. The minimum atomic E-state index is -1.09. The van der Waals surface area contributed by atoms with Gasteiger partial charge in [0, 0.05) is 5.56 Å². The van der Waals surface area contributed by atoms with E-state index in [1.165, 1.54) is 41.3 Å². The van der Waals surface area contributed by atoms with E-state index in [1.54, 1.807) is 24.3 Å². The molecule has 0 radical (unpaired) electrons. The maximum atomic E-state index is 13.8. The number of Topliss-reactive ketones (excluding diaryl/α,β-unsaturated/α-hetero) is 1. The van der Waals surface area contributed by atoms with Gasteiger partial charge in [0.05, 0.1) is 21.8 Å². The highest BCUT2D eigenvalue weighted by atomic mass is 32.1. The highest BCUT2D eigenvalue weighted by molar-refractivity contribution is 7.22. The number of carbonyl (C=O) groups is 2. The smallest absolute Gasteiger partial charge is 0.301 e. The number of carbonyl (C=O) groups excluding carboxylic acids is 2. The molecule has 10 heteroatoms. The van der Waals surface area contributed by atoms with E-state index in [2.05, 4.69) is 4.98 Å². The van der Waals surface area contributed by atoms with Crippen LogP contribution in [-0.2, 0) is 9.59 Å². The summed E-state index contributed by atoms with van der Waals surface area (Å²) in [7, 11) is 0. The van der Waals surface area contributed by atoms with Gasteiger partial charge in [0.15, 0.2) is 16.6 Å². The molecule has 3 heterocycles. The van der Waals surface area contributed by atoms with E-state index in [9.17, 15) is 24.2 Å². The normalized spacial score (nSPS) is 18.7. The lowest BCUT2D eigenvalue weighted by Crippen LogP contribution is -2.29. The van der Waals surface area contributed by atoms with Gasteiger partial charge in [-0.15, -0.1) is 0 Å². The largest absolute Gasteiger partial charge is 0.508 e. The summed E-state index contributed by atoms with van der Waals surface area (Å²) in [5.74, 6) is -1.85. The third-order valence-electron chi connectivity index (χ3n) is 5.99. The number of ether oxygens (including phenoxy) is 2. The molecule has 1 fully saturated rings. The molecule has 1 atom stereocenters. The van der Waals surface area contributed by atoms with Crippen LogP contribution in [0.15, 0.2) is 66.2 Å². The second-order valence-electron chi connectivity index (χ2n) is 8.23. The summed E-state index contributed by atoms with van der Waals surface area (Å²) in [6.45, 7) is 0.732. The lowest BCUT2D eigenvalue weighted by Gasteiger charge is -2.23. The third-order valence-corrected chi connectivity index (χ3v) is 7.01. The third kappa shape index (κ3) is 3.54. The number of rotatable bonds is 3. The number of hydrogen-bond donors (Lipinski definition) is 2. The van der Waals surface area contributed by atoms with Gasteiger partial charge in [-0.3, -0.25) is 14.5 Å². The molecule has 0 saturated carbocycles. The first-order valence-corrected chi connectivity index (χ1v) is 11.8. The van der Waals surface area contributed by atoms with Crippen LogP contribution in [-0.4, -0.2) is 40.1 Å². The van der Waals surface area contributed by atoms with Crippen molar-refractivity contribution in [3.63, 3.8) is 0 Å². The Morgan fingerprint density at radius 1 is 1.03 bits per heavy atom. The zero-order valence-corrected chi connectivity index (χ0v) is 19.3. The Morgan fingerprint density at radius 2 is 1.83 bits per heavy atom. The number of hydrogen-bond acceptors (Lipinski definition) is 8. The van der Waals surface area contributed by atoms with Gasteiger partial charge < -0.3 is 19.7 Å². The summed E-state index contributed by atoms with van der Waals surface area (Å²) in [5, 5.41) is 21.6. The van der Waals surface area contributed by atoms with Crippen molar-refractivity contribution in [2.75, 3.05) is 18.1 Å². The van der Waals surface area contributed by atoms with Gasteiger partial charge in [0.25, 0.3) is 5.78 Å². The Hall–Kier alpha value is -4.44. The molecule has 3 aromatic carbocycles. The van der Waals surface area contributed by atoms with E-state index in [0.29, 0.717) is 40.5 Å². The van der Waals surface area contributed by atoms with Crippen molar-refractivity contribution in [1.82, 2.24) is 4.98 Å². The molecule has 2 N–H and O–H groups in total. The highest BCUT2D eigenvalue weighted by Crippen LogP contribution is 2.45. The zero-order chi connectivity index (χ0) is 25.0. The van der Waals surface area contributed by atoms with Crippen molar-refractivity contribution in [2.45, 2.75) is 6.04 Å². The van der Waals surface area contributed by atoms with Crippen LogP contribution < -0.4 is 14.4 Å². The van der Waals surface area contributed by atoms with Gasteiger partial charge in [-0.2, -0.15) is 0 Å². The van der Waals surface area contributed by atoms with Crippen LogP contribution in [0.5, 0.6) is 17.2 Å². The number of fused-ring (bicyclic) bond motifs is 2. The van der Waals surface area contributed by atoms with Crippen LogP contribution in [0.2, 0.25) is 0 Å². The summed E-state index contributed by atoms with van der Waals surface area (Å²) in [5.41, 5.74) is 0.931. The van der Waals surface area contributed by atoms with Gasteiger partial charge in [0.1, 0.15) is 30.5 Å². The van der Waals surface area contributed by atoms with Crippen LogP contribution in [0.1, 0.15) is 17.2 Å². The lowest BCUT2D eigenvalue weighted by molar-refractivity contribution is -0.132. The number of benzene rings is 3. The van der Waals surface area contributed by atoms with Crippen LogP contribution in [0.3, 0.4) is 0 Å². The fourth-order valence-electron chi connectivity index (χ4n) is 4.38. The lowest BCUT2D eigenvalue weighted by atomic mass is 9.95. The Morgan fingerprint density at radius 3 is 2.64 bits per heavy atom. The number of thiazole rings is 1. The van der Waals surface area contributed by atoms with Gasteiger partial charge in [-0.1, -0.05) is 23.5 Å². The molecule has 2 aliphatic rings. The van der Waals surface area contributed by atoms with Crippen molar-refractivity contribution < 1.29 is 33.7 Å². The second-order valence-corrected chi connectivity index (χ2v) is 9.24. The summed E-state index contributed by atoms with van der Waals surface area (Å²) in [6.07, 6.45) is 0. The van der Waals surface area contributed by atoms with E-state index in [0.717, 1.165) is 11.3 Å². The molecule has 8 nitrogen and oxygen atoms in total. The minimum Gasteiger partial charge on any atom is -0.508 e. The second kappa shape index (κ2) is 8.35. The molecule has 2 aliphatic heterocycles. The van der Waals surface area contributed by atoms with Gasteiger partial charge in [-0.25, -0.2) is 9.37 Å². The fraction of sp³-hybridized carbons (Fsp3) is 0.115. The Labute approximate surface area is 207 Å². The molecule has 180 valence electrons. The quantitative estimate of drug-likeness (QED) is 0.240. The number of aromatic nitrogens is 1. The molecule has 36 heavy (non-hydrogen) atoms. The minimum absolute atomic E-state index is 0.0798. The number of aliphatic hydroxyl groups excluding tert-OH is 1. The van der Waals surface area contributed by atoms with E-state index in [1.807, 2.05) is 0 Å². The Bertz CT molecular complexity index is 1600. The molecule has 1 aromatic heterocycles. The highest BCUT2D eigenvalue weighted by Gasteiger charge is 2.48. The molecule has 0 bridgehead atoms. The maximum Gasteiger partial charge on any atom is 0.301 e. The molecule has 0 spiro atoms.